The lowest BCUT2D eigenvalue weighted by atomic mass is 10.5. The van der Waals surface area contributed by atoms with Crippen LogP contribution in [-0.2, 0) is 4.84 Å². The van der Waals surface area contributed by atoms with Crippen molar-refractivity contribution >= 4 is 6.09 Å². The van der Waals surface area contributed by atoms with Crippen LogP contribution in [-0.4, -0.2) is 31.8 Å². The van der Waals surface area contributed by atoms with E-state index >= 15 is 0 Å². The van der Waals surface area contributed by atoms with Gasteiger partial charge in [0.15, 0.2) is 0 Å². The first-order chi connectivity index (χ1) is 4.66. The number of hydrogen-bond donors (Lipinski definition) is 1. The highest BCUT2D eigenvalue weighted by molar-refractivity contribution is 5.66. The van der Waals surface area contributed by atoms with Gasteiger partial charge in [-0.15, -0.1) is 5.06 Å². The maximum atomic E-state index is 10.6. The van der Waals surface area contributed by atoms with Crippen molar-refractivity contribution in [3.05, 3.63) is 0 Å². The van der Waals surface area contributed by atoms with Crippen molar-refractivity contribution in [2.75, 3.05) is 20.6 Å². The van der Waals surface area contributed by atoms with Gasteiger partial charge in [0.25, 0.3) is 0 Å². The number of carbonyl (C=O) groups is 1. The van der Waals surface area contributed by atoms with Crippen LogP contribution in [0.15, 0.2) is 0 Å². The fraction of sp³-hybridized carbons (Fsp3) is 0.833. The van der Waals surface area contributed by atoms with Crippen LogP contribution in [0.2, 0.25) is 0 Å². The van der Waals surface area contributed by atoms with Crippen molar-refractivity contribution < 1.29 is 9.63 Å². The molecule has 0 bridgehead atoms. The molecule has 0 unspecified atom stereocenters. The maximum absolute atomic E-state index is 10.6. The summed E-state index contributed by atoms with van der Waals surface area (Å²) in [5.41, 5.74) is 0. The second-order valence-corrected chi connectivity index (χ2v) is 2.12. The average molecular weight is 146 g/mol. The maximum Gasteiger partial charge on any atom is 0.426 e. The molecule has 4 heteroatoms. The first-order valence-corrected chi connectivity index (χ1v) is 3.30. The van der Waals surface area contributed by atoms with Gasteiger partial charge in [-0.2, -0.15) is 0 Å². The summed E-state index contributed by atoms with van der Waals surface area (Å²) >= 11 is 0. The minimum atomic E-state index is -0.396. The minimum absolute atomic E-state index is 0.396. The summed E-state index contributed by atoms with van der Waals surface area (Å²) in [6.07, 6.45) is 0.523. The summed E-state index contributed by atoms with van der Waals surface area (Å²) in [4.78, 5) is 15.3. The summed E-state index contributed by atoms with van der Waals surface area (Å²) in [6.45, 7) is 2.64. The molecule has 0 rings (SSSR count). The highest BCUT2D eigenvalue weighted by Crippen LogP contribution is 1.80. The van der Waals surface area contributed by atoms with E-state index in [1.54, 1.807) is 14.1 Å². The third-order valence-corrected chi connectivity index (χ3v) is 0.785. The normalized spacial score (nSPS) is 9.60. The first-order valence-electron chi connectivity index (χ1n) is 3.30. The van der Waals surface area contributed by atoms with Gasteiger partial charge in [-0.25, -0.2) is 4.79 Å². The first kappa shape index (κ1) is 9.23. The van der Waals surface area contributed by atoms with Gasteiger partial charge in [0, 0.05) is 20.6 Å². The Hall–Kier alpha value is -0.770. The van der Waals surface area contributed by atoms with E-state index in [0.717, 1.165) is 6.42 Å². The molecule has 0 saturated heterocycles. The number of nitrogens with zero attached hydrogens (tertiary/aromatic N) is 1. The predicted octanol–water partition coefficient (Wildman–Crippen LogP) is 0.599. The molecule has 60 valence electrons. The molecule has 0 heterocycles. The van der Waals surface area contributed by atoms with Crippen LogP contribution in [0.5, 0.6) is 0 Å². The fourth-order valence-electron chi connectivity index (χ4n) is 0.425. The van der Waals surface area contributed by atoms with Gasteiger partial charge in [0.1, 0.15) is 0 Å². The zero-order valence-electron chi connectivity index (χ0n) is 6.68. The van der Waals surface area contributed by atoms with Gasteiger partial charge in [-0.3, -0.25) is 0 Å². The van der Waals surface area contributed by atoms with Crippen LogP contribution in [0, 0.1) is 0 Å². The molecule has 0 aliphatic carbocycles. The number of carbonyl (C=O) groups excluding carboxylic acids is 1. The Balaban J connectivity index is 3.26. The van der Waals surface area contributed by atoms with E-state index in [1.165, 1.54) is 5.06 Å². The lowest BCUT2D eigenvalue weighted by molar-refractivity contribution is -0.0547. The van der Waals surface area contributed by atoms with E-state index < -0.39 is 6.09 Å². The molecule has 0 aromatic rings. The predicted molar refractivity (Wildman–Crippen MR) is 38.5 cm³/mol. The number of hydroxylamine groups is 2. The SMILES string of the molecule is CCCNC(=O)ON(C)C. The van der Waals surface area contributed by atoms with Crippen molar-refractivity contribution in [3.63, 3.8) is 0 Å². The molecule has 0 aliphatic rings. The van der Waals surface area contributed by atoms with Crippen LogP contribution >= 0.6 is 0 Å². The molecule has 0 spiro atoms. The number of amides is 1. The number of nitrogens with one attached hydrogen (secondary N) is 1. The molecular formula is C6H14N2O2. The Kier molecular flexibility index (Phi) is 4.66. The third-order valence-electron chi connectivity index (χ3n) is 0.785. The molecule has 4 nitrogen and oxygen atoms in total. The molecule has 0 aromatic carbocycles. The van der Waals surface area contributed by atoms with E-state index in [9.17, 15) is 4.79 Å². The summed E-state index contributed by atoms with van der Waals surface area (Å²) in [5.74, 6) is 0. The van der Waals surface area contributed by atoms with Crippen LogP contribution in [0.4, 0.5) is 4.79 Å². The highest BCUT2D eigenvalue weighted by atomic mass is 16.7. The number of hydrogen-bond acceptors (Lipinski definition) is 3. The molecule has 10 heavy (non-hydrogen) atoms. The van der Waals surface area contributed by atoms with Crippen molar-refractivity contribution in [2.45, 2.75) is 13.3 Å². The van der Waals surface area contributed by atoms with E-state index in [2.05, 4.69) is 10.2 Å². The fourth-order valence-corrected chi connectivity index (χ4v) is 0.425. The Morgan fingerprint density at radius 1 is 1.60 bits per heavy atom. The van der Waals surface area contributed by atoms with Crippen LogP contribution in [0.3, 0.4) is 0 Å². The average Bonchev–Trinajstić information content (AvgIpc) is 1.82. The largest absolute Gasteiger partial charge is 0.426 e. The molecule has 0 saturated carbocycles. The van der Waals surface area contributed by atoms with Gasteiger partial charge < -0.3 is 10.2 Å². The van der Waals surface area contributed by atoms with Gasteiger partial charge in [-0.1, -0.05) is 6.92 Å². The Morgan fingerprint density at radius 3 is 2.60 bits per heavy atom. The quantitative estimate of drug-likeness (QED) is 0.593. The minimum Gasteiger partial charge on any atom is -0.352 e. The van der Waals surface area contributed by atoms with E-state index in [4.69, 9.17) is 0 Å². The second kappa shape index (κ2) is 5.05. The van der Waals surface area contributed by atoms with Crippen LogP contribution < -0.4 is 5.32 Å². The molecular weight excluding hydrogens is 132 g/mol. The van der Waals surface area contributed by atoms with Crippen LogP contribution in [0.25, 0.3) is 0 Å². The van der Waals surface area contributed by atoms with Crippen molar-refractivity contribution in [1.29, 1.82) is 0 Å². The Morgan fingerprint density at radius 2 is 2.20 bits per heavy atom. The van der Waals surface area contributed by atoms with Crippen molar-refractivity contribution in [1.82, 2.24) is 10.4 Å². The smallest absolute Gasteiger partial charge is 0.352 e. The Labute approximate surface area is 61.1 Å². The monoisotopic (exact) mass is 146 g/mol. The highest BCUT2D eigenvalue weighted by Gasteiger charge is 1.99. The molecule has 1 amide bonds. The van der Waals surface area contributed by atoms with Gasteiger partial charge in [0.2, 0.25) is 0 Å². The summed E-state index contributed by atoms with van der Waals surface area (Å²) < 4.78 is 0. The lowest BCUT2D eigenvalue weighted by Crippen LogP contribution is -2.30. The van der Waals surface area contributed by atoms with Gasteiger partial charge in [-0.05, 0) is 6.42 Å². The van der Waals surface area contributed by atoms with Crippen molar-refractivity contribution in [2.24, 2.45) is 0 Å². The van der Waals surface area contributed by atoms with Gasteiger partial charge >= 0.3 is 6.09 Å². The van der Waals surface area contributed by atoms with Crippen molar-refractivity contribution in [3.8, 4) is 0 Å². The topological polar surface area (TPSA) is 41.6 Å². The summed E-state index contributed by atoms with van der Waals surface area (Å²) in [5, 5.41) is 3.91. The number of rotatable bonds is 3. The molecule has 0 aromatic heterocycles. The third kappa shape index (κ3) is 5.37. The standard InChI is InChI=1S/C6H14N2O2/c1-4-5-7-6(9)10-8(2)3/h4-5H2,1-3H3,(H,7,9). The zero-order valence-corrected chi connectivity index (χ0v) is 6.68. The lowest BCUT2D eigenvalue weighted by Gasteiger charge is -2.09. The molecule has 0 radical (unpaired) electrons. The zero-order chi connectivity index (χ0) is 7.98. The van der Waals surface area contributed by atoms with Crippen LogP contribution in [0.1, 0.15) is 13.3 Å². The van der Waals surface area contributed by atoms with E-state index in [0.29, 0.717) is 6.54 Å². The summed E-state index contributed by atoms with van der Waals surface area (Å²) in [6, 6.07) is 0. The second-order valence-electron chi connectivity index (χ2n) is 2.12. The Bertz CT molecular complexity index is 104. The molecule has 1 N–H and O–H groups in total. The molecule has 0 aliphatic heterocycles. The summed E-state index contributed by atoms with van der Waals surface area (Å²) in [7, 11) is 3.32. The van der Waals surface area contributed by atoms with E-state index in [-0.39, 0.29) is 0 Å². The molecule has 0 atom stereocenters. The molecule has 0 fully saturated rings. The van der Waals surface area contributed by atoms with E-state index in [1.807, 2.05) is 6.92 Å². The van der Waals surface area contributed by atoms with Gasteiger partial charge in [0.05, 0.1) is 0 Å².